The molecule has 1 aromatic carbocycles. The monoisotopic (exact) mass is 292 g/mol. The topological polar surface area (TPSA) is 78.9 Å². The molecule has 6 nitrogen and oxygen atoms in total. The number of nitrogens with one attached hydrogen (secondary N) is 1. The molecule has 0 saturated carbocycles. The summed E-state index contributed by atoms with van der Waals surface area (Å²) in [5.41, 5.74) is 2.31. The van der Waals surface area contributed by atoms with Crippen LogP contribution in [-0.2, 0) is 11.3 Å². The maximum atomic E-state index is 12.4. The van der Waals surface area contributed by atoms with Gasteiger partial charge >= 0.3 is 0 Å². The van der Waals surface area contributed by atoms with Gasteiger partial charge in [0.05, 0.1) is 6.54 Å². The molecule has 1 aliphatic rings. The van der Waals surface area contributed by atoms with E-state index >= 15 is 0 Å². The molecular formula is C15H20N2O4. The molecule has 1 heterocycles. The van der Waals surface area contributed by atoms with E-state index in [0.29, 0.717) is 31.0 Å². The fourth-order valence-corrected chi connectivity index (χ4v) is 2.22. The van der Waals surface area contributed by atoms with Crippen molar-refractivity contribution >= 4 is 11.8 Å². The first-order chi connectivity index (χ1) is 9.82. The largest absolute Gasteiger partial charge is 0.491 e. The van der Waals surface area contributed by atoms with Crippen LogP contribution < -0.4 is 10.2 Å². The van der Waals surface area contributed by atoms with E-state index in [1.54, 1.807) is 28.6 Å². The highest BCUT2D eigenvalue weighted by molar-refractivity contribution is 5.93. The van der Waals surface area contributed by atoms with Gasteiger partial charge in [0.25, 0.3) is 5.91 Å². The average molecular weight is 292 g/mol. The molecule has 114 valence electrons. The first kappa shape index (κ1) is 15.3. The van der Waals surface area contributed by atoms with Crippen LogP contribution >= 0.6 is 0 Å². The molecule has 21 heavy (non-hydrogen) atoms. The third-order valence-electron chi connectivity index (χ3n) is 3.34. The fourth-order valence-electron chi connectivity index (χ4n) is 2.22. The van der Waals surface area contributed by atoms with Crippen molar-refractivity contribution in [1.82, 2.24) is 10.4 Å². The molecule has 1 aromatic rings. The van der Waals surface area contributed by atoms with Gasteiger partial charge in [-0.3, -0.25) is 14.8 Å². The van der Waals surface area contributed by atoms with Crippen molar-refractivity contribution in [3.63, 3.8) is 0 Å². The van der Waals surface area contributed by atoms with E-state index in [0.717, 1.165) is 5.56 Å². The molecule has 0 radical (unpaired) electrons. The van der Waals surface area contributed by atoms with Crippen LogP contribution in [0.4, 0.5) is 0 Å². The number of ether oxygens (including phenoxy) is 1. The van der Waals surface area contributed by atoms with Crippen molar-refractivity contribution in [2.75, 3.05) is 13.2 Å². The highest BCUT2D eigenvalue weighted by Crippen LogP contribution is 2.27. The Bertz CT molecular complexity index is 563. The summed E-state index contributed by atoms with van der Waals surface area (Å²) in [7, 11) is 0. The maximum absolute atomic E-state index is 12.4. The molecule has 0 aliphatic carbocycles. The molecule has 2 N–H and O–H groups in total. The summed E-state index contributed by atoms with van der Waals surface area (Å²) in [4.78, 5) is 25.5. The lowest BCUT2D eigenvalue weighted by molar-refractivity contribution is -0.140. The zero-order valence-corrected chi connectivity index (χ0v) is 12.5. The Morgan fingerprint density at radius 2 is 2.05 bits per heavy atom. The van der Waals surface area contributed by atoms with Gasteiger partial charge in [-0.15, -0.1) is 0 Å². The molecule has 0 bridgehead atoms. The normalized spacial score (nSPS) is 14.8. The average Bonchev–Trinajstić information content (AvgIpc) is 2.65. The quantitative estimate of drug-likeness (QED) is 0.608. The minimum Gasteiger partial charge on any atom is -0.491 e. The fraction of sp³-hybridized carbons (Fsp3) is 0.467. The number of benzene rings is 1. The van der Waals surface area contributed by atoms with E-state index in [9.17, 15) is 9.59 Å². The van der Waals surface area contributed by atoms with Gasteiger partial charge in [0.15, 0.2) is 0 Å². The van der Waals surface area contributed by atoms with Crippen LogP contribution in [0.3, 0.4) is 0 Å². The second-order valence-corrected chi connectivity index (χ2v) is 6.09. The lowest BCUT2D eigenvalue weighted by atomic mass is 9.94. The number of fused-ring (bicyclic) bond motifs is 1. The molecule has 0 aromatic heterocycles. The number of hydroxylamine groups is 1. The standard InChI is InChI=1S/C15H20N2O4/c1-15(2,3)14(19)17-6-7-21-12-8-10(13(18)16-20)4-5-11(12)9-17/h4-5,8,20H,6-7,9H2,1-3H3,(H,16,18). The number of carbonyl (C=O) groups excluding carboxylic acids is 2. The van der Waals surface area contributed by atoms with E-state index in [1.807, 2.05) is 20.8 Å². The third-order valence-corrected chi connectivity index (χ3v) is 3.34. The predicted molar refractivity (Wildman–Crippen MR) is 76.1 cm³/mol. The van der Waals surface area contributed by atoms with Crippen LogP contribution in [0.25, 0.3) is 0 Å². The molecule has 0 unspecified atom stereocenters. The minimum atomic E-state index is -0.590. The van der Waals surface area contributed by atoms with Crippen LogP contribution in [0.15, 0.2) is 18.2 Å². The van der Waals surface area contributed by atoms with Crippen molar-refractivity contribution in [3.05, 3.63) is 29.3 Å². The Labute approximate surface area is 123 Å². The highest BCUT2D eigenvalue weighted by Gasteiger charge is 2.29. The summed E-state index contributed by atoms with van der Waals surface area (Å²) in [6.07, 6.45) is 0. The molecule has 0 fully saturated rings. The second kappa shape index (κ2) is 5.73. The molecule has 2 rings (SSSR count). The molecule has 1 aliphatic heterocycles. The smallest absolute Gasteiger partial charge is 0.274 e. The molecule has 2 amide bonds. The van der Waals surface area contributed by atoms with Gasteiger partial charge in [-0.2, -0.15) is 0 Å². The molecule has 6 heteroatoms. The van der Waals surface area contributed by atoms with Gasteiger partial charge in [-0.25, -0.2) is 5.48 Å². The van der Waals surface area contributed by atoms with Gasteiger partial charge in [-0.1, -0.05) is 26.8 Å². The number of hydrogen-bond donors (Lipinski definition) is 2. The van der Waals surface area contributed by atoms with Crippen molar-refractivity contribution in [2.24, 2.45) is 5.41 Å². The number of carbonyl (C=O) groups is 2. The summed E-state index contributed by atoms with van der Waals surface area (Å²) in [6.45, 7) is 6.99. The van der Waals surface area contributed by atoms with Crippen molar-refractivity contribution < 1.29 is 19.5 Å². The lowest BCUT2D eigenvalue weighted by Gasteiger charge is -2.27. The Hall–Kier alpha value is -2.08. The van der Waals surface area contributed by atoms with Crippen LogP contribution in [0.2, 0.25) is 0 Å². The van der Waals surface area contributed by atoms with Gasteiger partial charge in [0, 0.05) is 23.1 Å². The summed E-state index contributed by atoms with van der Waals surface area (Å²) in [5, 5.41) is 8.66. The third kappa shape index (κ3) is 3.33. The van der Waals surface area contributed by atoms with E-state index in [-0.39, 0.29) is 5.91 Å². The van der Waals surface area contributed by atoms with Crippen LogP contribution in [0.1, 0.15) is 36.7 Å². The van der Waals surface area contributed by atoms with E-state index < -0.39 is 11.3 Å². The van der Waals surface area contributed by atoms with E-state index in [1.165, 1.54) is 0 Å². The second-order valence-electron chi connectivity index (χ2n) is 6.09. The molecular weight excluding hydrogens is 272 g/mol. The van der Waals surface area contributed by atoms with E-state index in [2.05, 4.69) is 0 Å². The first-order valence-electron chi connectivity index (χ1n) is 6.82. The maximum Gasteiger partial charge on any atom is 0.274 e. The van der Waals surface area contributed by atoms with Gasteiger partial charge in [0.2, 0.25) is 5.91 Å². The highest BCUT2D eigenvalue weighted by atomic mass is 16.5. The molecule has 0 spiro atoms. The van der Waals surface area contributed by atoms with Crippen LogP contribution in [-0.4, -0.2) is 35.1 Å². The summed E-state index contributed by atoms with van der Waals surface area (Å²) in [5.74, 6) is 0.0460. The van der Waals surface area contributed by atoms with Crippen molar-refractivity contribution in [1.29, 1.82) is 0 Å². The zero-order valence-electron chi connectivity index (χ0n) is 12.5. The summed E-state index contributed by atoms with van der Waals surface area (Å²) < 4.78 is 5.62. The summed E-state index contributed by atoms with van der Waals surface area (Å²) >= 11 is 0. The zero-order chi connectivity index (χ0) is 15.6. The Morgan fingerprint density at radius 1 is 1.33 bits per heavy atom. The van der Waals surface area contributed by atoms with Gasteiger partial charge < -0.3 is 9.64 Å². The van der Waals surface area contributed by atoms with Gasteiger partial charge in [-0.05, 0) is 12.1 Å². The number of nitrogens with zero attached hydrogens (tertiary/aromatic N) is 1. The first-order valence-corrected chi connectivity index (χ1v) is 6.82. The van der Waals surface area contributed by atoms with Crippen molar-refractivity contribution in [3.8, 4) is 5.75 Å². The predicted octanol–water partition coefficient (Wildman–Crippen LogP) is 1.57. The Balaban J connectivity index is 2.26. The van der Waals surface area contributed by atoms with E-state index in [4.69, 9.17) is 9.94 Å². The van der Waals surface area contributed by atoms with Crippen molar-refractivity contribution in [2.45, 2.75) is 27.3 Å². The lowest BCUT2D eigenvalue weighted by Crippen LogP contribution is -2.40. The number of hydrogen-bond acceptors (Lipinski definition) is 4. The minimum absolute atomic E-state index is 0.0659. The summed E-state index contributed by atoms with van der Waals surface area (Å²) in [6, 6.07) is 4.92. The van der Waals surface area contributed by atoms with Gasteiger partial charge in [0.1, 0.15) is 12.4 Å². The van der Waals surface area contributed by atoms with Crippen LogP contribution in [0.5, 0.6) is 5.75 Å². The SMILES string of the molecule is CC(C)(C)C(=O)N1CCOc2cc(C(=O)NO)ccc2C1. The van der Waals surface area contributed by atoms with Crippen LogP contribution in [0, 0.1) is 5.41 Å². The Morgan fingerprint density at radius 3 is 2.67 bits per heavy atom. The number of amides is 2. The molecule has 0 saturated heterocycles. The molecule has 0 atom stereocenters. The number of rotatable bonds is 1. The Kier molecular flexibility index (Phi) is 4.18.